The molecule has 2 aromatic rings. The first kappa shape index (κ1) is 19.0. The molecule has 0 saturated carbocycles. The molecule has 1 aliphatic rings. The van der Waals surface area contributed by atoms with Crippen molar-refractivity contribution in [3.05, 3.63) is 48.2 Å². The van der Waals surface area contributed by atoms with Crippen LogP contribution in [-0.4, -0.2) is 49.7 Å². The van der Waals surface area contributed by atoms with Crippen molar-refractivity contribution in [1.29, 1.82) is 0 Å². The lowest BCUT2D eigenvalue weighted by atomic mass is 10.1. The first-order valence-corrected chi connectivity index (χ1v) is 9.28. The van der Waals surface area contributed by atoms with Gasteiger partial charge in [-0.1, -0.05) is 0 Å². The van der Waals surface area contributed by atoms with Crippen molar-refractivity contribution >= 4 is 17.4 Å². The summed E-state index contributed by atoms with van der Waals surface area (Å²) in [5.74, 6) is 1.69. The molecular formula is C21H28N4O2. The van der Waals surface area contributed by atoms with Crippen molar-refractivity contribution in [2.45, 2.75) is 26.3 Å². The summed E-state index contributed by atoms with van der Waals surface area (Å²) in [4.78, 5) is 21.3. The number of anilines is 2. The number of pyridine rings is 1. The number of rotatable bonds is 4. The summed E-state index contributed by atoms with van der Waals surface area (Å²) in [5, 5.41) is 2.96. The topological polar surface area (TPSA) is 57.7 Å². The molecule has 2 heterocycles. The maximum Gasteiger partial charge on any atom is 0.253 e. The standard InChI is InChI=1S/C21H28N4O2/c1-21(2,3)23-20(26)16-5-10-19(22-15-16)25-13-11-24(12-14-25)17-6-8-18(27-4)9-7-17/h5-10,15H,11-14H2,1-4H3,(H,23,26). The maximum atomic E-state index is 12.2. The molecule has 1 N–H and O–H groups in total. The number of carbonyl (C=O) groups is 1. The van der Waals surface area contributed by atoms with Gasteiger partial charge < -0.3 is 19.9 Å². The van der Waals surface area contributed by atoms with Crippen LogP contribution in [0.25, 0.3) is 0 Å². The van der Waals surface area contributed by atoms with Crippen LogP contribution in [0.5, 0.6) is 5.75 Å². The Kier molecular flexibility index (Phi) is 5.54. The number of amides is 1. The number of aromatic nitrogens is 1. The maximum absolute atomic E-state index is 12.2. The lowest BCUT2D eigenvalue weighted by Crippen LogP contribution is -2.46. The minimum absolute atomic E-state index is 0.0918. The van der Waals surface area contributed by atoms with Gasteiger partial charge in [0, 0.05) is 43.6 Å². The normalized spacial score (nSPS) is 14.8. The van der Waals surface area contributed by atoms with E-state index in [2.05, 4.69) is 32.2 Å². The molecule has 0 aliphatic carbocycles. The molecule has 6 heteroatoms. The predicted octanol–water partition coefficient (Wildman–Crippen LogP) is 2.95. The van der Waals surface area contributed by atoms with Gasteiger partial charge >= 0.3 is 0 Å². The highest BCUT2D eigenvalue weighted by molar-refractivity contribution is 5.94. The van der Waals surface area contributed by atoms with E-state index in [4.69, 9.17) is 4.74 Å². The average molecular weight is 368 g/mol. The molecule has 0 radical (unpaired) electrons. The van der Waals surface area contributed by atoms with Crippen LogP contribution < -0.4 is 19.9 Å². The quantitative estimate of drug-likeness (QED) is 0.899. The molecule has 0 bridgehead atoms. The van der Waals surface area contributed by atoms with E-state index in [1.807, 2.05) is 45.0 Å². The molecule has 0 unspecified atom stereocenters. The molecule has 1 amide bonds. The van der Waals surface area contributed by atoms with E-state index in [1.54, 1.807) is 13.3 Å². The van der Waals surface area contributed by atoms with Gasteiger partial charge in [0.2, 0.25) is 0 Å². The number of ether oxygens (including phenoxy) is 1. The van der Waals surface area contributed by atoms with Crippen molar-refractivity contribution in [1.82, 2.24) is 10.3 Å². The van der Waals surface area contributed by atoms with Crippen LogP contribution in [0.15, 0.2) is 42.6 Å². The van der Waals surface area contributed by atoms with Gasteiger partial charge in [-0.05, 0) is 57.2 Å². The zero-order valence-corrected chi connectivity index (χ0v) is 16.5. The number of hydrogen-bond acceptors (Lipinski definition) is 5. The van der Waals surface area contributed by atoms with Crippen LogP contribution in [0.4, 0.5) is 11.5 Å². The Morgan fingerprint density at radius 1 is 1.00 bits per heavy atom. The van der Waals surface area contributed by atoms with Gasteiger partial charge in [0.1, 0.15) is 11.6 Å². The van der Waals surface area contributed by atoms with Gasteiger partial charge in [-0.2, -0.15) is 0 Å². The van der Waals surface area contributed by atoms with Crippen molar-refractivity contribution < 1.29 is 9.53 Å². The largest absolute Gasteiger partial charge is 0.497 e. The summed E-state index contributed by atoms with van der Waals surface area (Å²) in [7, 11) is 1.68. The Morgan fingerprint density at radius 2 is 1.63 bits per heavy atom. The number of piperazine rings is 1. The van der Waals surface area contributed by atoms with Gasteiger partial charge in [0.25, 0.3) is 5.91 Å². The van der Waals surface area contributed by atoms with Crippen LogP contribution >= 0.6 is 0 Å². The van der Waals surface area contributed by atoms with Gasteiger partial charge in [-0.25, -0.2) is 4.98 Å². The number of nitrogens with one attached hydrogen (secondary N) is 1. The Hall–Kier alpha value is -2.76. The van der Waals surface area contributed by atoms with Crippen molar-refractivity contribution in [3.8, 4) is 5.75 Å². The fourth-order valence-corrected chi connectivity index (χ4v) is 3.11. The Labute approximate surface area is 161 Å². The number of nitrogens with zero attached hydrogens (tertiary/aromatic N) is 3. The molecule has 27 heavy (non-hydrogen) atoms. The fraction of sp³-hybridized carbons (Fsp3) is 0.429. The Bertz CT molecular complexity index is 758. The number of carbonyl (C=O) groups excluding carboxylic acids is 1. The summed E-state index contributed by atoms with van der Waals surface area (Å²) in [5.41, 5.74) is 1.54. The number of hydrogen-bond donors (Lipinski definition) is 1. The number of methoxy groups -OCH3 is 1. The summed E-state index contributed by atoms with van der Waals surface area (Å²) < 4.78 is 5.22. The van der Waals surface area contributed by atoms with Crippen molar-refractivity contribution in [2.24, 2.45) is 0 Å². The van der Waals surface area contributed by atoms with Gasteiger partial charge in [-0.15, -0.1) is 0 Å². The SMILES string of the molecule is COc1ccc(N2CCN(c3ccc(C(=O)NC(C)(C)C)cn3)CC2)cc1. The third-order valence-electron chi connectivity index (χ3n) is 4.54. The molecule has 0 spiro atoms. The Balaban J connectivity index is 1.58. The van der Waals surface area contributed by atoms with E-state index in [0.29, 0.717) is 5.56 Å². The molecule has 1 aromatic carbocycles. The highest BCUT2D eigenvalue weighted by Crippen LogP contribution is 2.22. The lowest BCUT2D eigenvalue weighted by molar-refractivity contribution is 0.0919. The Morgan fingerprint density at radius 3 is 2.15 bits per heavy atom. The highest BCUT2D eigenvalue weighted by atomic mass is 16.5. The van der Waals surface area contributed by atoms with Crippen molar-refractivity contribution in [3.63, 3.8) is 0 Å². The smallest absolute Gasteiger partial charge is 0.253 e. The zero-order valence-electron chi connectivity index (χ0n) is 16.5. The van der Waals surface area contributed by atoms with E-state index in [1.165, 1.54) is 5.69 Å². The molecule has 1 aliphatic heterocycles. The summed E-state index contributed by atoms with van der Waals surface area (Å²) >= 11 is 0. The molecule has 3 rings (SSSR count). The van der Waals surface area contributed by atoms with E-state index in [0.717, 1.165) is 37.7 Å². The molecule has 1 fully saturated rings. The summed E-state index contributed by atoms with van der Waals surface area (Å²) in [6, 6.07) is 11.9. The van der Waals surface area contributed by atoms with Crippen molar-refractivity contribution in [2.75, 3.05) is 43.1 Å². The van der Waals surface area contributed by atoms with E-state index >= 15 is 0 Å². The van der Waals surface area contributed by atoms with E-state index < -0.39 is 0 Å². The average Bonchev–Trinajstić information content (AvgIpc) is 2.67. The van der Waals surface area contributed by atoms with E-state index in [-0.39, 0.29) is 11.4 Å². The summed E-state index contributed by atoms with van der Waals surface area (Å²) in [6.45, 7) is 9.55. The molecular weight excluding hydrogens is 340 g/mol. The third-order valence-corrected chi connectivity index (χ3v) is 4.54. The highest BCUT2D eigenvalue weighted by Gasteiger charge is 2.20. The van der Waals surface area contributed by atoms with Crippen LogP contribution in [0.3, 0.4) is 0 Å². The second kappa shape index (κ2) is 7.86. The second-order valence-corrected chi connectivity index (χ2v) is 7.78. The molecule has 1 saturated heterocycles. The molecule has 6 nitrogen and oxygen atoms in total. The monoisotopic (exact) mass is 368 g/mol. The van der Waals surface area contributed by atoms with Crippen LogP contribution in [-0.2, 0) is 0 Å². The minimum atomic E-state index is -0.256. The molecule has 0 atom stereocenters. The minimum Gasteiger partial charge on any atom is -0.497 e. The van der Waals surface area contributed by atoms with Gasteiger partial charge in [0.15, 0.2) is 0 Å². The van der Waals surface area contributed by atoms with Crippen LogP contribution in [0.2, 0.25) is 0 Å². The van der Waals surface area contributed by atoms with Crippen LogP contribution in [0, 0.1) is 0 Å². The zero-order chi connectivity index (χ0) is 19.4. The third kappa shape index (κ3) is 4.90. The van der Waals surface area contributed by atoms with Gasteiger partial charge in [0.05, 0.1) is 12.7 Å². The van der Waals surface area contributed by atoms with E-state index in [9.17, 15) is 4.79 Å². The number of benzene rings is 1. The van der Waals surface area contributed by atoms with Gasteiger partial charge in [-0.3, -0.25) is 4.79 Å². The summed E-state index contributed by atoms with van der Waals surface area (Å²) in [6.07, 6.45) is 1.66. The first-order valence-electron chi connectivity index (χ1n) is 9.28. The lowest BCUT2D eigenvalue weighted by Gasteiger charge is -2.36. The van der Waals surface area contributed by atoms with Crippen LogP contribution in [0.1, 0.15) is 31.1 Å². The predicted molar refractivity (Wildman–Crippen MR) is 109 cm³/mol. The fourth-order valence-electron chi connectivity index (χ4n) is 3.11. The second-order valence-electron chi connectivity index (χ2n) is 7.78. The first-order chi connectivity index (χ1) is 12.9. The molecule has 144 valence electrons. The molecule has 1 aromatic heterocycles.